The number of piperidine rings is 1. The predicted molar refractivity (Wildman–Crippen MR) is 58.2 cm³/mol. The van der Waals surface area contributed by atoms with Gasteiger partial charge in [0.1, 0.15) is 0 Å². The summed E-state index contributed by atoms with van der Waals surface area (Å²) in [5.41, 5.74) is 0. The van der Waals surface area contributed by atoms with Crippen molar-refractivity contribution in [2.45, 2.75) is 25.7 Å². The van der Waals surface area contributed by atoms with Crippen LogP contribution in [-0.2, 0) is 0 Å². The molecule has 0 spiro atoms. The van der Waals surface area contributed by atoms with E-state index in [0.717, 1.165) is 23.7 Å². The van der Waals surface area contributed by atoms with Crippen LogP contribution in [-0.4, -0.2) is 26.2 Å². The molecule has 2 aliphatic heterocycles. The first-order valence-electron chi connectivity index (χ1n) is 6.35. The molecule has 0 aromatic heterocycles. The van der Waals surface area contributed by atoms with Gasteiger partial charge in [-0.15, -0.1) is 0 Å². The van der Waals surface area contributed by atoms with Gasteiger partial charge in [0.25, 0.3) is 0 Å². The van der Waals surface area contributed by atoms with Crippen molar-refractivity contribution in [3.05, 3.63) is 0 Å². The molecule has 0 amide bonds. The Balaban J connectivity index is 1.59. The van der Waals surface area contributed by atoms with Gasteiger partial charge in [0.05, 0.1) is 0 Å². The van der Waals surface area contributed by atoms with Gasteiger partial charge < -0.3 is 10.6 Å². The second-order valence-electron chi connectivity index (χ2n) is 5.52. The first kappa shape index (κ1) is 9.17. The zero-order valence-corrected chi connectivity index (χ0v) is 8.97. The second-order valence-corrected chi connectivity index (χ2v) is 5.52. The summed E-state index contributed by atoms with van der Waals surface area (Å²) in [5.74, 6) is 4.12. The zero-order valence-electron chi connectivity index (χ0n) is 8.97. The molecule has 0 bridgehead atoms. The summed E-state index contributed by atoms with van der Waals surface area (Å²) in [6, 6.07) is 0. The SMILES string of the molecule is C1CNCC(C2CC3CNCC3C2)C1. The predicted octanol–water partition coefficient (Wildman–Crippen LogP) is 1.23. The quantitative estimate of drug-likeness (QED) is 0.656. The Hall–Kier alpha value is -0.0800. The minimum absolute atomic E-state index is 1.01. The van der Waals surface area contributed by atoms with E-state index in [1.807, 2.05) is 0 Å². The molecule has 1 saturated carbocycles. The van der Waals surface area contributed by atoms with E-state index < -0.39 is 0 Å². The fraction of sp³-hybridized carbons (Fsp3) is 1.00. The summed E-state index contributed by atoms with van der Waals surface area (Å²) in [4.78, 5) is 0. The fourth-order valence-electron chi connectivity index (χ4n) is 3.88. The van der Waals surface area contributed by atoms with E-state index in [9.17, 15) is 0 Å². The van der Waals surface area contributed by atoms with Crippen LogP contribution in [0.4, 0.5) is 0 Å². The van der Waals surface area contributed by atoms with Crippen molar-refractivity contribution in [3.8, 4) is 0 Å². The Bertz CT molecular complexity index is 186. The highest BCUT2D eigenvalue weighted by molar-refractivity contribution is 4.93. The molecule has 80 valence electrons. The Morgan fingerprint density at radius 3 is 2.07 bits per heavy atom. The maximum atomic E-state index is 3.56. The molecule has 2 N–H and O–H groups in total. The Morgan fingerprint density at radius 1 is 0.714 bits per heavy atom. The number of rotatable bonds is 1. The van der Waals surface area contributed by atoms with Crippen LogP contribution in [0.15, 0.2) is 0 Å². The fourth-order valence-corrected chi connectivity index (χ4v) is 3.88. The lowest BCUT2D eigenvalue weighted by molar-refractivity contribution is 0.257. The van der Waals surface area contributed by atoms with E-state index in [1.54, 1.807) is 0 Å². The summed E-state index contributed by atoms with van der Waals surface area (Å²) >= 11 is 0. The van der Waals surface area contributed by atoms with E-state index in [-0.39, 0.29) is 0 Å². The summed E-state index contributed by atoms with van der Waals surface area (Å²) in [7, 11) is 0. The molecule has 0 aromatic rings. The second kappa shape index (κ2) is 3.82. The highest BCUT2D eigenvalue weighted by atomic mass is 14.9. The Kier molecular flexibility index (Phi) is 2.50. The van der Waals surface area contributed by atoms with E-state index in [2.05, 4.69) is 10.6 Å². The average molecular weight is 194 g/mol. The number of nitrogens with one attached hydrogen (secondary N) is 2. The van der Waals surface area contributed by atoms with E-state index in [4.69, 9.17) is 0 Å². The lowest BCUT2D eigenvalue weighted by Gasteiger charge is -2.28. The molecule has 2 nitrogen and oxygen atoms in total. The minimum Gasteiger partial charge on any atom is -0.316 e. The van der Waals surface area contributed by atoms with Crippen molar-refractivity contribution in [2.75, 3.05) is 26.2 Å². The van der Waals surface area contributed by atoms with Crippen LogP contribution in [0.1, 0.15) is 25.7 Å². The van der Waals surface area contributed by atoms with Crippen molar-refractivity contribution in [1.29, 1.82) is 0 Å². The smallest absolute Gasteiger partial charge is 0.00172 e. The van der Waals surface area contributed by atoms with Crippen LogP contribution < -0.4 is 10.6 Å². The first-order valence-corrected chi connectivity index (χ1v) is 6.35. The van der Waals surface area contributed by atoms with E-state index >= 15 is 0 Å². The van der Waals surface area contributed by atoms with Gasteiger partial charge in [0.15, 0.2) is 0 Å². The molecule has 2 saturated heterocycles. The van der Waals surface area contributed by atoms with Gasteiger partial charge in [-0.25, -0.2) is 0 Å². The zero-order chi connectivity index (χ0) is 9.38. The monoisotopic (exact) mass is 194 g/mol. The summed E-state index contributed by atoms with van der Waals surface area (Å²) < 4.78 is 0. The molecule has 2 heterocycles. The van der Waals surface area contributed by atoms with Gasteiger partial charge in [-0.3, -0.25) is 0 Å². The minimum atomic E-state index is 1.01. The Morgan fingerprint density at radius 2 is 1.43 bits per heavy atom. The topological polar surface area (TPSA) is 24.1 Å². The number of hydrogen-bond donors (Lipinski definition) is 2. The normalized spacial score (nSPS) is 48.0. The summed E-state index contributed by atoms with van der Waals surface area (Å²) in [5, 5.41) is 7.09. The number of hydrogen-bond acceptors (Lipinski definition) is 2. The van der Waals surface area contributed by atoms with Crippen LogP contribution in [0.5, 0.6) is 0 Å². The molecule has 3 fully saturated rings. The molecule has 0 radical (unpaired) electrons. The summed E-state index contributed by atoms with van der Waals surface area (Å²) in [6.45, 7) is 5.18. The molecule has 0 aromatic carbocycles. The maximum absolute atomic E-state index is 3.56. The van der Waals surface area contributed by atoms with Gasteiger partial charge >= 0.3 is 0 Å². The van der Waals surface area contributed by atoms with Crippen LogP contribution >= 0.6 is 0 Å². The van der Waals surface area contributed by atoms with E-state index in [0.29, 0.717) is 0 Å². The molecular formula is C12H22N2. The molecule has 3 unspecified atom stereocenters. The van der Waals surface area contributed by atoms with Gasteiger partial charge in [-0.2, -0.15) is 0 Å². The lowest BCUT2D eigenvalue weighted by atomic mass is 9.84. The van der Waals surface area contributed by atoms with Crippen LogP contribution in [0.2, 0.25) is 0 Å². The van der Waals surface area contributed by atoms with Crippen molar-refractivity contribution >= 4 is 0 Å². The molecule has 3 rings (SSSR count). The van der Waals surface area contributed by atoms with Crippen molar-refractivity contribution in [3.63, 3.8) is 0 Å². The highest BCUT2D eigenvalue weighted by Gasteiger charge is 2.40. The third-order valence-electron chi connectivity index (χ3n) is 4.69. The largest absolute Gasteiger partial charge is 0.316 e. The maximum Gasteiger partial charge on any atom is -0.00172 e. The van der Waals surface area contributed by atoms with Gasteiger partial charge in [0.2, 0.25) is 0 Å². The van der Waals surface area contributed by atoms with Crippen LogP contribution in [0.3, 0.4) is 0 Å². The third kappa shape index (κ3) is 1.59. The lowest BCUT2D eigenvalue weighted by Crippen LogP contribution is -2.33. The molecule has 2 heteroatoms. The molecule has 1 aliphatic carbocycles. The average Bonchev–Trinajstić information content (AvgIpc) is 2.78. The standard InChI is InChI=1S/C12H22N2/c1-2-9(6-13-3-1)10-4-11-7-14-8-12(11)5-10/h9-14H,1-8H2. The molecule has 3 atom stereocenters. The molecule has 14 heavy (non-hydrogen) atoms. The van der Waals surface area contributed by atoms with Crippen molar-refractivity contribution in [1.82, 2.24) is 10.6 Å². The first-order chi connectivity index (χ1) is 6.93. The van der Waals surface area contributed by atoms with Crippen molar-refractivity contribution in [2.24, 2.45) is 23.7 Å². The van der Waals surface area contributed by atoms with Crippen LogP contribution in [0, 0.1) is 23.7 Å². The van der Waals surface area contributed by atoms with Gasteiger partial charge in [-0.1, -0.05) is 0 Å². The molecule has 3 aliphatic rings. The van der Waals surface area contributed by atoms with Gasteiger partial charge in [0, 0.05) is 0 Å². The van der Waals surface area contributed by atoms with Gasteiger partial charge in [-0.05, 0) is 75.5 Å². The molecular weight excluding hydrogens is 172 g/mol. The van der Waals surface area contributed by atoms with Crippen LogP contribution in [0.25, 0.3) is 0 Å². The third-order valence-corrected chi connectivity index (χ3v) is 4.69. The van der Waals surface area contributed by atoms with E-state index in [1.165, 1.54) is 51.9 Å². The number of fused-ring (bicyclic) bond motifs is 1. The van der Waals surface area contributed by atoms with Crippen molar-refractivity contribution < 1.29 is 0 Å². The highest BCUT2D eigenvalue weighted by Crippen LogP contribution is 2.43. The summed E-state index contributed by atoms with van der Waals surface area (Å²) in [6.07, 6.45) is 5.94. The Labute approximate surface area is 86.8 Å².